The second-order valence-corrected chi connectivity index (χ2v) is 6.26. The zero-order chi connectivity index (χ0) is 15.1. The molecule has 0 radical (unpaired) electrons. The summed E-state index contributed by atoms with van der Waals surface area (Å²) in [7, 11) is 0. The molecule has 3 nitrogen and oxygen atoms in total. The molecule has 1 fully saturated rings. The average Bonchev–Trinajstić information content (AvgIpc) is 2.50. The molecule has 1 aliphatic carbocycles. The van der Waals surface area contributed by atoms with Gasteiger partial charge in [-0.1, -0.05) is 23.7 Å². The van der Waals surface area contributed by atoms with Gasteiger partial charge in [-0.25, -0.2) is 0 Å². The van der Waals surface area contributed by atoms with E-state index in [9.17, 15) is 4.79 Å². The molecule has 0 aromatic heterocycles. The summed E-state index contributed by atoms with van der Waals surface area (Å²) in [6, 6.07) is 8.04. The summed E-state index contributed by atoms with van der Waals surface area (Å²) in [4.78, 5) is 11.7. The van der Waals surface area contributed by atoms with Crippen molar-refractivity contribution >= 4 is 17.6 Å². The lowest BCUT2D eigenvalue weighted by molar-refractivity contribution is -0.676. The molecule has 0 aliphatic heterocycles. The van der Waals surface area contributed by atoms with Crippen LogP contribution in [0.3, 0.4) is 0 Å². The summed E-state index contributed by atoms with van der Waals surface area (Å²) in [6.45, 7) is 4.50. The van der Waals surface area contributed by atoms with Gasteiger partial charge in [0.2, 0.25) is 0 Å². The standard InChI is InChI=1S/C17H24ClNO2/c1-2-21-17(20)15-7-3-13(4-8-15)11-19-12-14-5-9-16(18)10-6-14/h5-6,9-10,13,15,19H,2-4,7-8,11-12H2,1H3/p+1. The summed E-state index contributed by atoms with van der Waals surface area (Å²) < 4.78 is 5.11. The normalized spacial score (nSPS) is 22.0. The third-order valence-corrected chi connectivity index (χ3v) is 4.51. The van der Waals surface area contributed by atoms with Crippen LogP contribution >= 0.6 is 11.6 Å². The van der Waals surface area contributed by atoms with Gasteiger partial charge in [0.05, 0.1) is 19.1 Å². The molecule has 0 bridgehead atoms. The molecule has 0 saturated heterocycles. The van der Waals surface area contributed by atoms with Crippen LogP contribution in [0.15, 0.2) is 24.3 Å². The Morgan fingerprint density at radius 1 is 1.24 bits per heavy atom. The molecule has 1 aromatic carbocycles. The first-order chi connectivity index (χ1) is 10.2. The van der Waals surface area contributed by atoms with Crippen molar-refractivity contribution in [3.63, 3.8) is 0 Å². The minimum Gasteiger partial charge on any atom is -0.466 e. The number of benzene rings is 1. The summed E-state index contributed by atoms with van der Waals surface area (Å²) >= 11 is 5.88. The van der Waals surface area contributed by atoms with Crippen molar-refractivity contribution in [2.45, 2.75) is 39.2 Å². The predicted molar refractivity (Wildman–Crippen MR) is 84.0 cm³/mol. The van der Waals surface area contributed by atoms with Crippen LogP contribution in [-0.4, -0.2) is 19.1 Å². The first-order valence-electron chi connectivity index (χ1n) is 7.91. The number of ether oxygens (including phenoxy) is 1. The van der Waals surface area contributed by atoms with Crippen molar-refractivity contribution < 1.29 is 14.8 Å². The zero-order valence-electron chi connectivity index (χ0n) is 12.7. The Morgan fingerprint density at radius 3 is 2.52 bits per heavy atom. The molecule has 1 aliphatic rings. The van der Waals surface area contributed by atoms with Gasteiger partial charge in [0, 0.05) is 16.5 Å². The van der Waals surface area contributed by atoms with Crippen molar-refractivity contribution in [1.82, 2.24) is 0 Å². The van der Waals surface area contributed by atoms with Crippen molar-refractivity contribution in [1.29, 1.82) is 0 Å². The van der Waals surface area contributed by atoms with Gasteiger partial charge in [-0.05, 0) is 44.7 Å². The number of rotatable bonds is 6. The highest BCUT2D eigenvalue weighted by Crippen LogP contribution is 2.28. The van der Waals surface area contributed by atoms with Crippen LogP contribution < -0.4 is 5.32 Å². The number of halogens is 1. The molecule has 2 rings (SSSR count). The minimum absolute atomic E-state index is 0.00101. The summed E-state index contributed by atoms with van der Waals surface area (Å²) in [6.07, 6.45) is 4.25. The highest BCUT2D eigenvalue weighted by Gasteiger charge is 2.27. The van der Waals surface area contributed by atoms with Crippen molar-refractivity contribution in [3.8, 4) is 0 Å². The maximum absolute atomic E-state index is 11.7. The number of hydrogen-bond donors (Lipinski definition) is 1. The highest BCUT2D eigenvalue weighted by molar-refractivity contribution is 6.30. The fourth-order valence-corrected chi connectivity index (χ4v) is 3.13. The topological polar surface area (TPSA) is 42.9 Å². The number of quaternary nitrogens is 1. The zero-order valence-corrected chi connectivity index (χ0v) is 13.4. The van der Waals surface area contributed by atoms with Gasteiger partial charge < -0.3 is 10.1 Å². The Bertz CT molecular complexity index is 439. The Hall–Kier alpha value is -1.06. The smallest absolute Gasteiger partial charge is 0.308 e. The van der Waals surface area contributed by atoms with Crippen molar-refractivity contribution in [3.05, 3.63) is 34.9 Å². The molecule has 4 heteroatoms. The molecule has 0 unspecified atom stereocenters. The largest absolute Gasteiger partial charge is 0.466 e. The van der Waals surface area contributed by atoms with E-state index in [1.807, 2.05) is 19.1 Å². The monoisotopic (exact) mass is 310 g/mol. The van der Waals surface area contributed by atoms with Gasteiger partial charge >= 0.3 is 5.97 Å². The quantitative estimate of drug-likeness (QED) is 0.821. The molecule has 116 valence electrons. The number of hydrogen-bond acceptors (Lipinski definition) is 2. The van der Waals surface area contributed by atoms with Gasteiger partial charge in [0.1, 0.15) is 6.54 Å². The molecule has 0 atom stereocenters. The maximum atomic E-state index is 11.7. The van der Waals surface area contributed by atoms with E-state index in [4.69, 9.17) is 16.3 Å². The third-order valence-electron chi connectivity index (χ3n) is 4.26. The van der Waals surface area contributed by atoms with E-state index in [1.165, 1.54) is 5.56 Å². The number of nitrogens with two attached hydrogens (primary N) is 1. The average molecular weight is 311 g/mol. The minimum atomic E-state index is 0.00101. The lowest BCUT2D eigenvalue weighted by atomic mass is 9.82. The van der Waals surface area contributed by atoms with Crippen LogP contribution in [0.1, 0.15) is 38.2 Å². The van der Waals surface area contributed by atoms with E-state index in [1.54, 1.807) is 0 Å². The predicted octanol–water partition coefficient (Wildman–Crippen LogP) is 2.77. The van der Waals surface area contributed by atoms with Gasteiger partial charge in [-0.15, -0.1) is 0 Å². The fourth-order valence-electron chi connectivity index (χ4n) is 3.00. The third kappa shape index (κ3) is 5.33. The number of carbonyl (C=O) groups excluding carboxylic acids is 1. The molecule has 2 N–H and O–H groups in total. The molecular weight excluding hydrogens is 286 g/mol. The second kappa shape index (κ2) is 8.40. The van der Waals surface area contributed by atoms with Gasteiger partial charge in [-0.3, -0.25) is 4.79 Å². The Kier molecular flexibility index (Phi) is 6.52. The Morgan fingerprint density at radius 2 is 1.90 bits per heavy atom. The van der Waals surface area contributed by atoms with Crippen molar-refractivity contribution in [2.75, 3.05) is 13.2 Å². The molecular formula is C17H25ClNO2+. The van der Waals surface area contributed by atoms with E-state index >= 15 is 0 Å². The Labute approximate surface area is 132 Å². The van der Waals surface area contributed by atoms with E-state index in [2.05, 4.69) is 17.4 Å². The summed E-state index contributed by atoms with van der Waals surface area (Å²) in [5.41, 5.74) is 1.31. The molecule has 21 heavy (non-hydrogen) atoms. The first kappa shape index (κ1) is 16.3. The van der Waals surface area contributed by atoms with E-state index in [-0.39, 0.29) is 11.9 Å². The van der Waals surface area contributed by atoms with Crippen LogP contribution in [0, 0.1) is 11.8 Å². The molecule has 0 heterocycles. The second-order valence-electron chi connectivity index (χ2n) is 5.82. The van der Waals surface area contributed by atoms with Crippen LogP contribution in [-0.2, 0) is 16.1 Å². The lowest BCUT2D eigenvalue weighted by Crippen LogP contribution is -2.84. The molecule has 0 spiro atoms. The number of esters is 1. The van der Waals surface area contributed by atoms with Crippen LogP contribution in [0.2, 0.25) is 5.02 Å². The number of carbonyl (C=O) groups is 1. The summed E-state index contributed by atoms with van der Waals surface area (Å²) in [5, 5.41) is 3.15. The lowest BCUT2D eigenvalue weighted by Gasteiger charge is -2.26. The SMILES string of the molecule is CCOC(=O)C1CCC(C[NH2+]Cc2ccc(Cl)cc2)CC1. The highest BCUT2D eigenvalue weighted by atomic mass is 35.5. The van der Waals surface area contributed by atoms with Gasteiger partial charge in [0.15, 0.2) is 0 Å². The van der Waals surface area contributed by atoms with Crippen LogP contribution in [0.25, 0.3) is 0 Å². The van der Waals surface area contributed by atoms with Crippen LogP contribution in [0.4, 0.5) is 0 Å². The van der Waals surface area contributed by atoms with E-state index < -0.39 is 0 Å². The van der Waals surface area contributed by atoms with E-state index in [0.717, 1.165) is 49.7 Å². The van der Waals surface area contributed by atoms with Gasteiger partial charge in [0.25, 0.3) is 0 Å². The van der Waals surface area contributed by atoms with Gasteiger partial charge in [-0.2, -0.15) is 0 Å². The Balaban J connectivity index is 1.65. The molecule has 1 aromatic rings. The van der Waals surface area contributed by atoms with E-state index in [0.29, 0.717) is 6.61 Å². The van der Waals surface area contributed by atoms with Crippen LogP contribution in [0.5, 0.6) is 0 Å². The summed E-state index contributed by atoms with van der Waals surface area (Å²) in [5.74, 6) is 0.863. The molecule has 0 amide bonds. The van der Waals surface area contributed by atoms with Crippen molar-refractivity contribution in [2.24, 2.45) is 11.8 Å². The fraction of sp³-hybridized carbons (Fsp3) is 0.588. The molecule has 1 saturated carbocycles. The first-order valence-corrected chi connectivity index (χ1v) is 8.29. The maximum Gasteiger partial charge on any atom is 0.308 e.